The van der Waals surface area contributed by atoms with E-state index >= 15 is 0 Å². The summed E-state index contributed by atoms with van der Waals surface area (Å²) >= 11 is 17.3. The van der Waals surface area contributed by atoms with Gasteiger partial charge < -0.3 is 9.30 Å². The van der Waals surface area contributed by atoms with Gasteiger partial charge in [-0.05, 0) is 80.2 Å². The first-order chi connectivity index (χ1) is 17.0. The van der Waals surface area contributed by atoms with Gasteiger partial charge in [-0.2, -0.15) is 0 Å². The number of halogens is 3. The highest BCUT2D eigenvalue weighted by Crippen LogP contribution is 2.29. The zero-order valence-electron chi connectivity index (χ0n) is 19.2. The van der Waals surface area contributed by atoms with Crippen molar-refractivity contribution in [3.63, 3.8) is 0 Å². The van der Waals surface area contributed by atoms with Crippen LogP contribution in [0.15, 0.2) is 48.0 Å². The van der Waals surface area contributed by atoms with Crippen molar-refractivity contribution in [3.8, 4) is 5.69 Å². The number of thiocarbonyl (C=S) groups is 1. The first kappa shape index (κ1) is 25.6. The van der Waals surface area contributed by atoms with Crippen LogP contribution >= 0.6 is 35.4 Å². The average Bonchev–Trinajstić information content (AvgIpc) is 3.10. The number of hydrogen-bond donors (Lipinski definition) is 1. The van der Waals surface area contributed by atoms with E-state index in [1.807, 2.05) is 18.4 Å². The Hall–Kier alpha value is -3.53. The average molecular weight is 546 g/mol. The molecular weight excluding hydrogens is 528 g/mol. The molecule has 0 bridgehead atoms. The van der Waals surface area contributed by atoms with Crippen LogP contribution in [0.25, 0.3) is 11.8 Å². The summed E-state index contributed by atoms with van der Waals surface area (Å²) in [6.45, 7) is 3.66. The van der Waals surface area contributed by atoms with E-state index in [4.69, 9.17) is 40.2 Å². The van der Waals surface area contributed by atoms with Crippen molar-refractivity contribution >= 4 is 70.1 Å². The molecule has 0 aliphatic carbocycles. The number of ether oxygens (including phenoxy) is 1. The summed E-state index contributed by atoms with van der Waals surface area (Å²) in [4.78, 5) is 38.9. The molecule has 0 radical (unpaired) electrons. The smallest absolute Gasteiger partial charge is 0.339 e. The molecule has 1 aromatic heterocycles. The second-order valence-electron chi connectivity index (χ2n) is 7.87. The van der Waals surface area contributed by atoms with Gasteiger partial charge in [-0.25, -0.2) is 9.18 Å². The van der Waals surface area contributed by atoms with Gasteiger partial charge in [0.05, 0.1) is 28.4 Å². The van der Waals surface area contributed by atoms with Crippen LogP contribution in [0.2, 0.25) is 10.0 Å². The van der Waals surface area contributed by atoms with Gasteiger partial charge in [0.15, 0.2) is 5.11 Å². The van der Waals surface area contributed by atoms with Crippen molar-refractivity contribution in [2.24, 2.45) is 0 Å². The maximum absolute atomic E-state index is 13.6. The molecular formula is C25H18Cl2FN3O4S. The van der Waals surface area contributed by atoms with Gasteiger partial charge in [-0.1, -0.05) is 23.2 Å². The third-order valence-corrected chi connectivity index (χ3v) is 6.54. The summed E-state index contributed by atoms with van der Waals surface area (Å²) in [5.74, 6) is -2.54. The Morgan fingerprint density at radius 1 is 1.06 bits per heavy atom. The fourth-order valence-corrected chi connectivity index (χ4v) is 4.63. The van der Waals surface area contributed by atoms with Crippen molar-refractivity contribution in [3.05, 3.63) is 86.4 Å². The second-order valence-corrected chi connectivity index (χ2v) is 9.07. The maximum Gasteiger partial charge on any atom is 0.339 e. The third kappa shape index (κ3) is 4.53. The summed E-state index contributed by atoms with van der Waals surface area (Å²) < 4.78 is 20.2. The zero-order valence-corrected chi connectivity index (χ0v) is 21.5. The summed E-state index contributed by atoms with van der Waals surface area (Å²) in [5.41, 5.74) is 3.07. The Labute approximate surface area is 221 Å². The number of nitrogens with one attached hydrogen (secondary N) is 1. The summed E-state index contributed by atoms with van der Waals surface area (Å²) in [7, 11) is 1.27. The SMILES string of the molecule is COC(=O)c1ccc(-n2c(C)cc(/C=C3\C(=O)NC(=S)N(c4ccc(F)c(Cl)c4)C3=O)c2C)cc1Cl. The maximum atomic E-state index is 13.6. The highest BCUT2D eigenvalue weighted by Gasteiger charge is 2.35. The lowest BCUT2D eigenvalue weighted by Crippen LogP contribution is -2.54. The fraction of sp³-hybridized carbons (Fsp3) is 0.120. The molecule has 3 aromatic rings. The largest absolute Gasteiger partial charge is 0.465 e. The van der Waals surface area contributed by atoms with Gasteiger partial charge in [0.2, 0.25) is 0 Å². The molecule has 1 saturated heterocycles. The molecule has 0 atom stereocenters. The van der Waals surface area contributed by atoms with E-state index in [1.54, 1.807) is 24.3 Å². The summed E-state index contributed by atoms with van der Waals surface area (Å²) in [6, 6.07) is 10.4. The molecule has 1 aliphatic rings. The molecule has 36 heavy (non-hydrogen) atoms. The lowest BCUT2D eigenvalue weighted by molar-refractivity contribution is -0.122. The predicted octanol–water partition coefficient (Wildman–Crippen LogP) is 5.16. The van der Waals surface area contributed by atoms with Gasteiger partial charge in [-0.3, -0.25) is 19.8 Å². The van der Waals surface area contributed by atoms with Crippen LogP contribution in [0.1, 0.15) is 27.3 Å². The molecule has 11 heteroatoms. The monoisotopic (exact) mass is 545 g/mol. The van der Waals surface area contributed by atoms with Gasteiger partial charge in [0.1, 0.15) is 11.4 Å². The van der Waals surface area contributed by atoms with Crippen LogP contribution < -0.4 is 10.2 Å². The number of nitrogens with zero attached hydrogens (tertiary/aromatic N) is 2. The molecule has 0 saturated carbocycles. The van der Waals surface area contributed by atoms with E-state index in [-0.39, 0.29) is 32.0 Å². The number of carbonyl (C=O) groups is 3. The first-order valence-corrected chi connectivity index (χ1v) is 11.6. The molecule has 1 fully saturated rings. The van der Waals surface area contributed by atoms with E-state index < -0.39 is 23.6 Å². The van der Waals surface area contributed by atoms with Gasteiger partial charge in [0, 0.05) is 17.1 Å². The van der Waals surface area contributed by atoms with Crippen LogP contribution in [0.4, 0.5) is 10.1 Å². The lowest BCUT2D eigenvalue weighted by Gasteiger charge is -2.29. The highest BCUT2D eigenvalue weighted by molar-refractivity contribution is 7.80. The Balaban J connectivity index is 1.75. The van der Waals surface area contributed by atoms with Gasteiger partial charge >= 0.3 is 5.97 Å². The Morgan fingerprint density at radius 2 is 1.72 bits per heavy atom. The quantitative estimate of drug-likeness (QED) is 0.212. The number of anilines is 1. The van der Waals surface area contributed by atoms with Gasteiger partial charge in [0.25, 0.3) is 11.8 Å². The summed E-state index contributed by atoms with van der Waals surface area (Å²) in [6.07, 6.45) is 1.46. The van der Waals surface area contributed by atoms with E-state index in [2.05, 4.69) is 5.32 Å². The molecule has 1 N–H and O–H groups in total. The van der Waals surface area contributed by atoms with E-state index in [9.17, 15) is 18.8 Å². The van der Waals surface area contributed by atoms with Crippen LogP contribution in [0.5, 0.6) is 0 Å². The number of hydrogen-bond acceptors (Lipinski definition) is 5. The van der Waals surface area contributed by atoms with Crippen LogP contribution in [0.3, 0.4) is 0 Å². The first-order valence-electron chi connectivity index (χ1n) is 10.5. The summed E-state index contributed by atoms with van der Waals surface area (Å²) in [5, 5.41) is 2.38. The molecule has 1 aliphatic heterocycles. The predicted molar refractivity (Wildman–Crippen MR) is 139 cm³/mol. The number of aromatic nitrogens is 1. The third-order valence-electron chi connectivity index (χ3n) is 5.65. The van der Waals surface area contributed by atoms with E-state index in [1.165, 1.54) is 25.3 Å². The zero-order chi connectivity index (χ0) is 26.3. The molecule has 2 aromatic carbocycles. The van der Waals surface area contributed by atoms with Crippen molar-refractivity contribution in [1.82, 2.24) is 9.88 Å². The van der Waals surface area contributed by atoms with Crippen molar-refractivity contribution in [1.29, 1.82) is 0 Å². The molecule has 0 spiro atoms. The highest BCUT2D eigenvalue weighted by atomic mass is 35.5. The molecule has 0 unspecified atom stereocenters. The second kappa shape index (κ2) is 9.85. The molecule has 4 rings (SSSR count). The van der Waals surface area contributed by atoms with Crippen molar-refractivity contribution in [2.75, 3.05) is 12.0 Å². The Kier molecular flexibility index (Phi) is 6.99. The minimum absolute atomic E-state index is 0.143. The van der Waals surface area contributed by atoms with Gasteiger partial charge in [-0.15, -0.1) is 0 Å². The molecule has 2 amide bonds. The number of methoxy groups -OCH3 is 1. The van der Waals surface area contributed by atoms with Crippen LogP contribution in [-0.2, 0) is 14.3 Å². The molecule has 184 valence electrons. The number of amides is 2. The number of benzene rings is 2. The number of rotatable bonds is 4. The number of esters is 1. The van der Waals surface area contributed by atoms with Crippen molar-refractivity contribution in [2.45, 2.75) is 13.8 Å². The minimum Gasteiger partial charge on any atom is -0.465 e. The molecule has 7 nitrogen and oxygen atoms in total. The standard InChI is InChI=1S/C25H18Cl2FN3O4S/c1-12-8-14(13(2)30(12)15-4-6-17(19(26)10-15)24(34)35-3)9-18-22(32)29-25(36)31(23(18)33)16-5-7-21(28)20(27)11-16/h4-11H,1-3H3,(H,29,32,36)/b18-9+. The Morgan fingerprint density at radius 3 is 2.36 bits per heavy atom. The topological polar surface area (TPSA) is 80.6 Å². The molecule has 2 heterocycles. The number of aryl methyl sites for hydroxylation is 1. The number of carbonyl (C=O) groups excluding carboxylic acids is 3. The van der Waals surface area contributed by atoms with Crippen LogP contribution in [-0.4, -0.2) is 34.6 Å². The van der Waals surface area contributed by atoms with Crippen LogP contribution in [0, 0.1) is 19.7 Å². The normalized spacial score (nSPS) is 14.9. The Bertz CT molecular complexity index is 1500. The minimum atomic E-state index is -0.679. The van der Waals surface area contributed by atoms with Crippen molar-refractivity contribution < 1.29 is 23.5 Å². The lowest BCUT2D eigenvalue weighted by atomic mass is 10.1. The van der Waals surface area contributed by atoms with E-state index in [0.717, 1.165) is 16.7 Å². The fourth-order valence-electron chi connectivity index (χ4n) is 3.92. The van der Waals surface area contributed by atoms with E-state index in [0.29, 0.717) is 16.9 Å².